The van der Waals surface area contributed by atoms with E-state index in [4.69, 9.17) is 9.47 Å². The van der Waals surface area contributed by atoms with Gasteiger partial charge >= 0.3 is 23.9 Å². The van der Waals surface area contributed by atoms with Crippen LogP contribution >= 0.6 is 0 Å². The molecule has 152 valence electrons. The quantitative estimate of drug-likeness (QED) is 0.412. The van der Waals surface area contributed by atoms with Gasteiger partial charge in [-0.1, -0.05) is 6.92 Å². The van der Waals surface area contributed by atoms with Gasteiger partial charge in [0.1, 0.15) is 5.60 Å². The molecular weight excluding hydrogens is 364 g/mol. The van der Waals surface area contributed by atoms with Crippen molar-refractivity contribution in [3.05, 3.63) is 0 Å². The third-order valence-corrected chi connectivity index (χ3v) is 5.62. The van der Waals surface area contributed by atoms with Crippen LogP contribution in [0.4, 0.5) is 0 Å². The zero-order valence-electron chi connectivity index (χ0n) is 15.1. The molecule has 0 bridgehead atoms. The van der Waals surface area contributed by atoms with Gasteiger partial charge in [-0.15, -0.1) is 0 Å². The number of epoxide rings is 1. The van der Waals surface area contributed by atoms with Gasteiger partial charge in [-0.3, -0.25) is 19.2 Å². The van der Waals surface area contributed by atoms with Crippen molar-refractivity contribution < 1.29 is 49.1 Å². The highest BCUT2D eigenvalue weighted by Crippen LogP contribution is 2.56. The van der Waals surface area contributed by atoms with Crippen molar-refractivity contribution in [2.45, 2.75) is 57.3 Å². The van der Waals surface area contributed by atoms with Crippen LogP contribution in [0.15, 0.2) is 0 Å². The Bertz CT molecular complexity index is 640. The van der Waals surface area contributed by atoms with Crippen LogP contribution in [0, 0.1) is 17.3 Å². The van der Waals surface area contributed by atoms with Gasteiger partial charge in [0.2, 0.25) is 0 Å². The summed E-state index contributed by atoms with van der Waals surface area (Å²) in [5.41, 5.74) is -2.11. The number of carboxylic acids is 4. The van der Waals surface area contributed by atoms with Crippen molar-refractivity contribution in [2.75, 3.05) is 6.61 Å². The Morgan fingerprint density at radius 2 is 1.41 bits per heavy atom. The molecule has 2 aliphatic rings. The lowest BCUT2D eigenvalue weighted by Gasteiger charge is -2.54. The van der Waals surface area contributed by atoms with E-state index < -0.39 is 84.6 Å². The van der Waals surface area contributed by atoms with Gasteiger partial charge in [-0.25, -0.2) is 0 Å². The second kappa shape index (κ2) is 7.43. The molecule has 2 fully saturated rings. The molecule has 0 amide bonds. The summed E-state index contributed by atoms with van der Waals surface area (Å²) < 4.78 is 11.3. The Hall–Kier alpha value is -2.20. The molecule has 2 aliphatic heterocycles. The smallest absolute Gasteiger partial charge is 0.305 e. The summed E-state index contributed by atoms with van der Waals surface area (Å²) in [5.74, 6) is -6.73. The van der Waals surface area contributed by atoms with Crippen LogP contribution in [0.1, 0.15) is 39.5 Å². The first-order chi connectivity index (χ1) is 12.4. The molecule has 0 aromatic rings. The maximum atomic E-state index is 11.5. The molecule has 0 spiro atoms. The van der Waals surface area contributed by atoms with Gasteiger partial charge in [0.05, 0.1) is 38.1 Å². The van der Waals surface area contributed by atoms with Crippen LogP contribution in [0.25, 0.3) is 0 Å². The van der Waals surface area contributed by atoms with E-state index in [2.05, 4.69) is 0 Å². The van der Waals surface area contributed by atoms with Crippen LogP contribution in [-0.4, -0.2) is 68.7 Å². The molecule has 0 aromatic heterocycles. The average molecular weight is 388 g/mol. The normalized spacial score (nSPS) is 38.1. The molecule has 0 aromatic carbocycles. The zero-order chi connectivity index (χ0) is 20.6. The highest BCUT2D eigenvalue weighted by atomic mass is 16.6. The number of rotatable bonds is 9. The fourth-order valence-electron chi connectivity index (χ4n) is 4.45. The number of aliphatic carboxylic acids is 4. The molecule has 4 N–H and O–H groups in total. The second-order valence-electron chi connectivity index (χ2n) is 7.80. The van der Waals surface area contributed by atoms with Gasteiger partial charge in [0, 0.05) is 17.8 Å². The Balaban J connectivity index is 2.54. The maximum absolute atomic E-state index is 11.5. The SMILES string of the molecule is C[C@]1(CC(=O)O)[C@H](CC(=O)O)[C@H](CC(=O)O)C(CC(=O)O)O[C@H]1[C@]1(C)CO1. The first-order valence-electron chi connectivity index (χ1n) is 8.55. The van der Waals surface area contributed by atoms with Gasteiger partial charge in [0.25, 0.3) is 0 Å². The van der Waals surface area contributed by atoms with E-state index in [-0.39, 0.29) is 6.61 Å². The van der Waals surface area contributed by atoms with Crippen molar-refractivity contribution in [1.82, 2.24) is 0 Å². The first kappa shape index (κ1) is 21.1. The summed E-state index contributed by atoms with van der Waals surface area (Å²) in [6.07, 6.45) is -3.91. The topological polar surface area (TPSA) is 171 Å². The van der Waals surface area contributed by atoms with E-state index >= 15 is 0 Å². The number of carboxylic acid groups (broad SMARTS) is 4. The number of hydrogen-bond acceptors (Lipinski definition) is 6. The zero-order valence-corrected chi connectivity index (χ0v) is 15.1. The molecule has 10 nitrogen and oxygen atoms in total. The van der Waals surface area contributed by atoms with Gasteiger partial charge in [0.15, 0.2) is 0 Å². The fourth-order valence-corrected chi connectivity index (χ4v) is 4.45. The van der Waals surface area contributed by atoms with Crippen LogP contribution in [0.3, 0.4) is 0 Å². The summed E-state index contributed by atoms with van der Waals surface area (Å²) in [7, 11) is 0. The third kappa shape index (κ3) is 4.56. The molecule has 2 rings (SSSR count). The molecule has 27 heavy (non-hydrogen) atoms. The van der Waals surface area contributed by atoms with Crippen LogP contribution in [0.5, 0.6) is 0 Å². The third-order valence-electron chi connectivity index (χ3n) is 5.62. The molecular formula is C17H24O10. The van der Waals surface area contributed by atoms with E-state index in [0.29, 0.717) is 0 Å². The Labute approximate surface area is 155 Å². The monoisotopic (exact) mass is 388 g/mol. The van der Waals surface area contributed by atoms with E-state index in [9.17, 15) is 39.6 Å². The second-order valence-corrected chi connectivity index (χ2v) is 7.80. The Kier molecular flexibility index (Phi) is 5.81. The van der Waals surface area contributed by atoms with Crippen molar-refractivity contribution in [3.8, 4) is 0 Å². The maximum Gasteiger partial charge on any atom is 0.305 e. The first-order valence-corrected chi connectivity index (χ1v) is 8.55. The van der Waals surface area contributed by atoms with Gasteiger partial charge < -0.3 is 29.9 Å². The lowest BCUT2D eigenvalue weighted by atomic mass is 9.58. The Morgan fingerprint density at radius 1 is 0.889 bits per heavy atom. The van der Waals surface area contributed by atoms with Crippen molar-refractivity contribution in [2.24, 2.45) is 17.3 Å². The van der Waals surface area contributed by atoms with Crippen molar-refractivity contribution >= 4 is 23.9 Å². The highest BCUT2D eigenvalue weighted by molar-refractivity contribution is 5.71. The Morgan fingerprint density at radius 3 is 1.81 bits per heavy atom. The summed E-state index contributed by atoms with van der Waals surface area (Å²) in [5, 5.41) is 37.3. The molecule has 0 radical (unpaired) electrons. The summed E-state index contributed by atoms with van der Waals surface area (Å²) in [6, 6.07) is 0. The molecule has 2 saturated heterocycles. The van der Waals surface area contributed by atoms with Crippen LogP contribution in [-0.2, 0) is 28.7 Å². The van der Waals surface area contributed by atoms with Gasteiger partial charge in [-0.2, -0.15) is 0 Å². The summed E-state index contributed by atoms with van der Waals surface area (Å²) in [4.78, 5) is 45.7. The van der Waals surface area contributed by atoms with E-state index in [0.717, 1.165) is 0 Å². The lowest BCUT2D eigenvalue weighted by molar-refractivity contribution is -0.221. The van der Waals surface area contributed by atoms with Crippen LogP contribution < -0.4 is 0 Å². The van der Waals surface area contributed by atoms with Gasteiger partial charge in [-0.05, 0) is 12.8 Å². The predicted molar refractivity (Wildman–Crippen MR) is 87.1 cm³/mol. The number of ether oxygens (including phenoxy) is 2. The minimum absolute atomic E-state index is 0.260. The molecule has 6 atom stereocenters. The fraction of sp³-hybridized carbons (Fsp3) is 0.765. The number of carbonyl (C=O) groups is 4. The minimum atomic E-state index is -1.25. The lowest BCUT2D eigenvalue weighted by Crippen LogP contribution is -2.60. The molecule has 0 saturated carbocycles. The molecule has 2 heterocycles. The summed E-state index contributed by atoms with van der Waals surface area (Å²) in [6.45, 7) is 3.50. The molecule has 0 aliphatic carbocycles. The van der Waals surface area contributed by atoms with E-state index in [1.807, 2.05) is 0 Å². The average Bonchev–Trinajstić information content (AvgIpc) is 3.22. The highest BCUT2D eigenvalue weighted by Gasteiger charge is 2.64. The van der Waals surface area contributed by atoms with Crippen molar-refractivity contribution in [3.63, 3.8) is 0 Å². The molecule has 10 heteroatoms. The van der Waals surface area contributed by atoms with Crippen molar-refractivity contribution in [1.29, 1.82) is 0 Å². The number of hydrogen-bond donors (Lipinski definition) is 4. The summed E-state index contributed by atoms with van der Waals surface area (Å²) >= 11 is 0. The molecule has 1 unspecified atom stereocenters. The standard InChI is InChI=1S/C17H24O10/c1-16(6-14(24)25)9(4-12(20)21)8(3-11(18)19)10(5-13(22)23)27-15(16)17(2)7-26-17/h8-10,15H,3-7H2,1-2H3,(H,18,19)(H,20,21)(H,22,23)(H,24,25)/t8-,9+,10?,15+,16-,17-/m0/s1. The van der Waals surface area contributed by atoms with E-state index in [1.54, 1.807) is 13.8 Å². The van der Waals surface area contributed by atoms with E-state index in [1.165, 1.54) is 0 Å². The largest absolute Gasteiger partial charge is 0.481 e. The van der Waals surface area contributed by atoms with Crippen LogP contribution in [0.2, 0.25) is 0 Å². The predicted octanol–water partition coefficient (Wildman–Crippen LogP) is 0.680. The minimum Gasteiger partial charge on any atom is -0.481 e.